The van der Waals surface area contributed by atoms with Gasteiger partial charge in [0.25, 0.3) is 0 Å². The van der Waals surface area contributed by atoms with Crippen LogP contribution in [0.25, 0.3) is 0 Å². The van der Waals surface area contributed by atoms with Gasteiger partial charge in [-0.2, -0.15) is 0 Å². The lowest BCUT2D eigenvalue weighted by Crippen LogP contribution is -2.24. The van der Waals surface area contributed by atoms with Gasteiger partial charge < -0.3 is 10.6 Å². The second-order valence-electron chi connectivity index (χ2n) is 5.02. The highest BCUT2D eigenvalue weighted by Gasteiger charge is 2.17. The van der Waals surface area contributed by atoms with Crippen LogP contribution in [0.1, 0.15) is 31.2 Å². The molecule has 88 valence electrons. The van der Waals surface area contributed by atoms with Crippen molar-refractivity contribution in [3.05, 3.63) is 23.8 Å². The molecule has 1 aliphatic carbocycles. The third kappa shape index (κ3) is 2.31. The smallest absolute Gasteiger partial charge is 0.0414 e. The lowest BCUT2D eigenvalue weighted by Gasteiger charge is -2.25. The van der Waals surface area contributed by atoms with E-state index in [1.807, 2.05) is 12.1 Å². The molecule has 0 aliphatic heterocycles. The van der Waals surface area contributed by atoms with E-state index in [-0.39, 0.29) is 0 Å². The number of nitrogens with zero attached hydrogens (tertiary/aromatic N) is 1. The summed E-state index contributed by atoms with van der Waals surface area (Å²) in [6.07, 6.45) is 5.61. The van der Waals surface area contributed by atoms with Gasteiger partial charge in [0.15, 0.2) is 0 Å². The predicted octanol–water partition coefficient (Wildman–Crippen LogP) is 3.20. The van der Waals surface area contributed by atoms with Crippen LogP contribution in [0.5, 0.6) is 0 Å². The molecule has 1 fully saturated rings. The number of nitrogen functional groups attached to an aromatic ring is 1. The summed E-state index contributed by atoms with van der Waals surface area (Å²) in [5.41, 5.74) is 9.33. The summed E-state index contributed by atoms with van der Waals surface area (Å²) in [7, 11) is 2.18. The van der Waals surface area contributed by atoms with Crippen LogP contribution in [0, 0.1) is 12.8 Å². The Kier molecular flexibility index (Phi) is 3.37. The summed E-state index contributed by atoms with van der Waals surface area (Å²) in [5.74, 6) is 0.880. The molecule has 0 saturated heterocycles. The first kappa shape index (κ1) is 11.3. The second-order valence-corrected chi connectivity index (χ2v) is 5.02. The molecule has 2 rings (SSSR count). The molecular formula is C14H22N2. The Bertz CT molecular complexity index is 354. The molecule has 0 atom stereocenters. The molecule has 1 aromatic rings. The fraction of sp³-hybridized carbons (Fsp3) is 0.571. The van der Waals surface area contributed by atoms with E-state index >= 15 is 0 Å². The Labute approximate surface area is 98.4 Å². The average Bonchev–Trinajstić information content (AvgIpc) is 2.74. The maximum atomic E-state index is 5.94. The highest BCUT2D eigenvalue weighted by atomic mass is 15.1. The number of anilines is 2. The van der Waals surface area contributed by atoms with Crippen molar-refractivity contribution in [2.75, 3.05) is 24.2 Å². The second kappa shape index (κ2) is 4.77. The van der Waals surface area contributed by atoms with Gasteiger partial charge in [-0.3, -0.25) is 0 Å². The molecule has 16 heavy (non-hydrogen) atoms. The number of nitrogens with two attached hydrogens (primary N) is 1. The van der Waals surface area contributed by atoms with Crippen molar-refractivity contribution in [2.45, 2.75) is 32.6 Å². The van der Waals surface area contributed by atoms with E-state index in [2.05, 4.69) is 24.9 Å². The Morgan fingerprint density at radius 1 is 1.31 bits per heavy atom. The average molecular weight is 218 g/mol. The Hall–Kier alpha value is -1.18. The van der Waals surface area contributed by atoms with E-state index in [4.69, 9.17) is 5.73 Å². The van der Waals surface area contributed by atoms with Crippen LogP contribution < -0.4 is 10.6 Å². The maximum absolute atomic E-state index is 5.94. The molecule has 2 heteroatoms. The number of rotatable bonds is 3. The molecule has 0 aromatic heterocycles. The third-order valence-corrected chi connectivity index (χ3v) is 3.77. The molecule has 1 aromatic carbocycles. The van der Waals surface area contributed by atoms with E-state index < -0.39 is 0 Å². The predicted molar refractivity (Wildman–Crippen MR) is 70.8 cm³/mol. The van der Waals surface area contributed by atoms with E-state index in [0.717, 1.165) is 11.6 Å². The molecule has 2 nitrogen and oxygen atoms in total. The minimum atomic E-state index is 0.880. The van der Waals surface area contributed by atoms with Gasteiger partial charge in [0.2, 0.25) is 0 Å². The van der Waals surface area contributed by atoms with Crippen molar-refractivity contribution in [2.24, 2.45) is 5.92 Å². The zero-order valence-corrected chi connectivity index (χ0v) is 10.4. The monoisotopic (exact) mass is 218 g/mol. The van der Waals surface area contributed by atoms with Crippen LogP contribution in [0.3, 0.4) is 0 Å². The molecule has 0 unspecified atom stereocenters. The SMILES string of the molecule is Cc1c(N)cccc1N(C)CC1CCCC1. The summed E-state index contributed by atoms with van der Waals surface area (Å²) in [6.45, 7) is 3.28. The van der Waals surface area contributed by atoms with Crippen molar-refractivity contribution in [3.8, 4) is 0 Å². The van der Waals surface area contributed by atoms with Crippen LogP contribution in [-0.4, -0.2) is 13.6 Å². The Morgan fingerprint density at radius 3 is 2.69 bits per heavy atom. The summed E-state index contributed by atoms with van der Waals surface area (Å²) in [4.78, 5) is 2.36. The van der Waals surface area contributed by atoms with Gasteiger partial charge in [-0.05, 0) is 43.4 Å². The van der Waals surface area contributed by atoms with E-state index in [0.29, 0.717) is 0 Å². The standard InChI is InChI=1S/C14H22N2/c1-11-13(15)8-5-9-14(11)16(2)10-12-6-3-4-7-12/h5,8-9,12H,3-4,6-7,10,15H2,1-2H3. The van der Waals surface area contributed by atoms with Crippen LogP contribution in [-0.2, 0) is 0 Å². The normalized spacial score (nSPS) is 16.6. The molecule has 2 N–H and O–H groups in total. The minimum absolute atomic E-state index is 0.880. The van der Waals surface area contributed by atoms with Gasteiger partial charge in [-0.15, -0.1) is 0 Å². The fourth-order valence-electron chi connectivity index (χ4n) is 2.73. The molecule has 0 amide bonds. The van der Waals surface area contributed by atoms with Crippen molar-refractivity contribution in [3.63, 3.8) is 0 Å². The molecule has 0 radical (unpaired) electrons. The zero-order valence-electron chi connectivity index (χ0n) is 10.4. The first-order valence-electron chi connectivity index (χ1n) is 6.24. The fourth-order valence-corrected chi connectivity index (χ4v) is 2.73. The highest BCUT2D eigenvalue weighted by molar-refractivity contribution is 5.63. The highest BCUT2D eigenvalue weighted by Crippen LogP contribution is 2.29. The van der Waals surface area contributed by atoms with Crippen molar-refractivity contribution >= 4 is 11.4 Å². The van der Waals surface area contributed by atoms with Gasteiger partial charge in [-0.1, -0.05) is 18.9 Å². The first-order valence-corrected chi connectivity index (χ1v) is 6.24. The summed E-state index contributed by atoms with van der Waals surface area (Å²) in [5, 5.41) is 0. The van der Waals surface area contributed by atoms with Gasteiger partial charge >= 0.3 is 0 Å². The molecule has 1 aliphatic rings. The Balaban J connectivity index is 2.07. The van der Waals surface area contributed by atoms with E-state index in [9.17, 15) is 0 Å². The quantitative estimate of drug-likeness (QED) is 0.789. The zero-order chi connectivity index (χ0) is 11.5. The summed E-state index contributed by atoms with van der Waals surface area (Å²) >= 11 is 0. The van der Waals surface area contributed by atoms with Crippen LogP contribution in [0.4, 0.5) is 11.4 Å². The minimum Gasteiger partial charge on any atom is -0.398 e. The largest absolute Gasteiger partial charge is 0.398 e. The molecular weight excluding hydrogens is 196 g/mol. The summed E-state index contributed by atoms with van der Waals surface area (Å²) in [6, 6.07) is 6.19. The lowest BCUT2D eigenvalue weighted by atomic mass is 10.1. The van der Waals surface area contributed by atoms with Gasteiger partial charge in [-0.25, -0.2) is 0 Å². The topological polar surface area (TPSA) is 29.3 Å². The van der Waals surface area contributed by atoms with E-state index in [1.165, 1.54) is 43.5 Å². The molecule has 0 bridgehead atoms. The van der Waals surface area contributed by atoms with Gasteiger partial charge in [0.05, 0.1) is 0 Å². The lowest BCUT2D eigenvalue weighted by molar-refractivity contribution is 0.547. The molecule has 0 heterocycles. The Morgan fingerprint density at radius 2 is 2.00 bits per heavy atom. The molecule has 0 spiro atoms. The summed E-state index contributed by atoms with van der Waals surface area (Å²) < 4.78 is 0. The maximum Gasteiger partial charge on any atom is 0.0414 e. The first-order chi connectivity index (χ1) is 7.68. The van der Waals surface area contributed by atoms with Crippen molar-refractivity contribution < 1.29 is 0 Å². The molecule has 1 saturated carbocycles. The number of benzene rings is 1. The number of hydrogen-bond donors (Lipinski definition) is 1. The van der Waals surface area contributed by atoms with Crippen molar-refractivity contribution in [1.29, 1.82) is 0 Å². The van der Waals surface area contributed by atoms with Crippen LogP contribution in [0.15, 0.2) is 18.2 Å². The third-order valence-electron chi connectivity index (χ3n) is 3.77. The van der Waals surface area contributed by atoms with Crippen molar-refractivity contribution in [1.82, 2.24) is 0 Å². The van der Waals surface area contributed by atoms with E-state index in [1.54, 1.807) is 0 Å². The number of hydrogen-bond acceptors (Lipinski definition) is 2. The van der Waals surface area contributed by atoms with Crippen LogP contribution >= 0.6 is 0 Å². The van der Waals surface area contributed by atoms with Gasteiger partial charge in [0.1, 0.15) is 0 Å². The van der Waals surface area contributed by atoms with Crippen LogP contribution in [0.2, 0.25) is 0 Å². The van der Waals surface area contributed by atoms with Gasteiger partial charge in [0, 0.05) is 25.0 Å².